The van der Waals surface area contributed by atoms with Crippen molar-refractivity contribution >= 4 is 11.9 Å². The van der Waals surface area contributed by atoms with Crippen LogP contribution >= 0.6 is 0 Å². The van der Waals surface area contributed by atoms with Gasteiger partial charge in [-0.25, -0.2) is 4.79 Å². The third-order valence-electron chi connectivity index (χ3n) is 2.63. The van der Waals surface area contributed by atoms with Crippen molar-refractivity contribution in [2.75, 3.05) is 13.2 Å². The Hall–Kier alpha value is -2.24. The predicted octanol–water partition coefficient (Wildman–Crippen LogP) is 1.67. The van der Waals surface area contributed by atoms with Gasteiger partial charge in [0.15, 0.2) is 0 Å². The first-order chi connectivity index (χ1) is 9.45. The molecule has 6 heteroatoms. The number of rotatable bonds is 8. The third-order valence-corrected chi connectivity index (χ3v) is 2.63. The fourth-order valence-corrected chi connectivity index (χ4v) is 1.41. The maximum atomic E-state index is 11.1. The fourth-order valence-electron chi connectivity index (χ4n) is 1.41. The van der Waals surface area contributed by atoms with Crippen molar-refractivity contribution in [3.8, 4) is 11.5 Å². The SMILES string of the molecule is CCCOc1ccc(C(=O)O)c(OCC(C)C(N)=O)c1. The molecule has 0 spiro atoms. The van der Waals surface area contributed by atoms with Crippen LogP contribution in [0.1, 0.15) is 30.6 Å². The standard InChI is InChI=1S/C14H19NO5/c1-3-6-19-10-4-5-11(14(17)18)12(7-10)20-8-9(2)13(15)16/h4-5,7,9H,3,6,8H2,1-2H3,(H2,15,16)(H,17,18). The van der Waals surface area contributed by atoms with Gasteiger partial charge in [-0.1, -0.05) is 13.8 Å². The van der Waals surface area contributed by atoms with E-state index in [-0.39, 0.29) is 17.9 Å². The summed E-state index contributed by atoms with van der Waals surface area (Å²) in [5, 5.41) is 9.09. The van der Waals surface area contributed by atoms with Crippen molar-refractivity contribution in [1.29, 1.82) is 0 Å². The summed E-state index contributed by atoms with van der Waals surface area (Å²) in [6, 6.07) is 4.49. The second-order valence-corrected chi connectivity index (χ2v) is 4.43. The van der Waals surface area contributed by atoms with Crippen molar-refractivity contribution < 1.29 is 24.2 Å². The molecule has 1 unspecified atom stereocenters. The molecule has 0 heterocycles. The quantitative estimate of drug-likeness (QED) is 0.755. The molecule has 0 bridgehead atoms. The van der Waals surface area contributed by atoms with Gasteiger partial charge in [0.25, 0.3) is 0 Å². The van der Waals surface area contributed by atoms with Crippen molar-refractivity contribution in [3.05, 3.63) is 23.8 Å². The fraction of sp³-hybridized carbons (Fsp3) is 0.429. The van der Waals surface area contributed by atoms with Crippen LogP contribution in [-0.4, -0.2) is 30.2 Å². The van der Waals surface area contributed by atoms with E-state index in [1.807, 2.05) is 6.92 Å². The van der Waals surface area contributed by atoms with Gasteiger partial charge in [0.1, 0.15) is 17.1 Å². The van der Waals surface area contributed by atoms with Crippen LogP contribution in [0.2, 0.25) is 0 Å². The minimum Gasteiger partial charge on any atom is -0.493 e. The summed E-state index contributed by atoms with van der Waals surface area (Å²) >= 11 is 0. The van der Waals surface area contributed by atoms with Gasteiger partial charge < -0.3 is 20.3 Å². The van der Waals surface area contributed by atoms with Gasteiger partial charge in [-0.05, 0) is 18.6 Å². The van der Waals surface area contributed by atoms with Crippen molar-refractivity contribution in [1.82, 2.24) is 0 Å². The van der Waals surface area contributed by atoms with E-state index in [4.69, 9.17) is 20.3 Å². The zero-order valence-electron chi connectivity index (χ0n) is 11.6. The number of carbonyl (C=O) groups excluding carboxylic acids is 1. The first-order valence-corrected chi connectivity index (χ1v) is 6.38. The Labute approximate surface area is 117 Å². The summed E-state index contributed by atoms with van der Waals surface area (Å²) in [7, 11) is 0. The number of carboxylic acid groups (broad SMARTS) is 1. The first kappa shape index (κ1) is 15.8. The molecule has 0 saturated heterocycles. The summed E-state index contributed by atoms with van der Waals surface area (Å²) in [5.41, 5.74) is 5.15. The van der Waals surface area contributed by atoms with Crippen LogP contribution in [0, 0.1) is 5.92 Å². The molecule has 6 nitrogen and oxygen atoms in total. The number of carbonyl (C=O) groups is 2. The van der Waals surface area contributed by atoms with E-state index in [0.717, 1.165) is 6.42 Å². The molecule has 0 radical (unpaired) electrons. The normalized spacial score (nSPS) is 11.7. The number of benzene rings is 1. The Morgan fingerprint density at radius 1 is 1.35 bits per heavy atom. The monoisotopic (exact) mass is 281 g/mol. The molecule has 3 N–H and O–H groups in total. The lowest BCUT2D eigenvalue weighted by atomic mass is 10.1. The van der Waals surface area contributed by atoms with Crippen molar-refractivity contribution in [2.24, 2.45) is 11.7 Å². The molecule has 1 aromatic rings. The zero-order chi connectivity index (χ0) is 15.1. The van der Waals surface area contributed by atoms with E-state index in [1.165, 1.54) is 12.1 Å². The van der Waals surface area contributed by atoms with Crippen molar-refractivity contribution in [2.45, 2.75) is 20.3 Å². The lowest BCUT2D eigenvalue weighted by molar-refractivity contribution is -0.122. The van der Waals surface area contributed by atoms with Gasteiger partial charge in [0, 0.05) is 6.07 Å². The molecule has 0 aliphatic heterocycles. The van der Waals surface area contributed by atoms with E-state index in [0.29, 0.717) is 12.4 Å². The number of carboxylic acids is 1. The van der Waals surface area contributed by atoms with Gasteiger partial charge in [0.2, 0.25) is 5.91 Å². The van der Waals surface area contributed by atoms with E-state index < -0.39 is 17.8 Å². The summed E-state index contributed by atoms with van der Waals surface area (Å²) in [6.07, 6.45) is 0.843. The van der Waals surface area contributed by atoms with Gasteiger partial charge in [-0.2, -0.15) is 0 Å². The molecule has 0 aromatic heterocycles. The minimum atomic E-state index is -1.10. The van der Waals surface area contributed by atoms with E-state index in [1.54, 1.807) is 13.0 Å². The van der Waals surface area contributed by atoms with E-state index in [2.05, 4.69) is 0 Å². The smallest absolute Gasteiger partial charge is 0.339 e. The van der Waals surface area contributed by atoms with E-state index >= 15 is 0 Å². The summed E-state index contributed by atoms with van der Waals surface area (Å²) in [5.74, 6) is -1.41. The second kappa shape index (κ2) is 7.37. The number of ether oxygens (including phenoxy) is 2. The zero-order valence-corrected chi connectivity index (χ0v) is 11.6. The lowest BCUT2D eigenvalue weighted by Gasteiger charge is -2.13. The molecular weight excluding hydrogens is 262 g/mol. The summed E-state index contributed by atoms with van der Waals surface area (Å²) < 4.78 is 10.8. The number of aromatic carboxylic acids is 1. The number of hydrogen-bond donors (Lipinski definition) is 2. The molecule has 0 aliphatic carbocycles. The Kier molecular flexibility index (Phi) is 5.83. The van der Waals surface area contributed by atoms with Crippen LogP contribution in [0.5, 0.6) is 11.5 Å². The van der Waals surface area contributed by atoms with Crippen LogP contribution < -0.4 is 15.2 Å². The maximum Gasteiger partial charge on any atom is 0.339 e. The molecule has 0 aliphatic rings. The molecule has 1 aromatic carbocycles. The number of nitrogens with two attached hydrogens (primary N) is 1. The molecule has 1 amide bonds. The van der Waals surface area contributed by atoms with Gasteiger partial charge in [-0.3, -0.25) is 4.79 Å². The highest BCUT2D eigenvalue weighted by Gasteiger charge is 2.15. The summed E-state index contributed by atoms with van der Waals surface area (Å²) in [6.45, 7) is 4.13. The average molecular weight is 281 g/mol. The second-order valence-electron chi connectivity index (χ2n) is 4.43. The van der Waals surface area contributed by atoms with Crippen LogP contribution in [-0.2, 0) is 4.79 Å². The van der Waals surface area contributed by atoms with Crippen LogP contribution in [0.4, 0.5) is 0 Å². The molecular formula is C14H19NO5. The van der Waals surface area contributed by atoms with Gasteiger partial charge in [0.05, 0.1) is 19.1 Å². The Morgan fingerprint density at radius 2 is 2.05 bits per heavy atom. The highest BCUT2D eigenvalue weighted by molar-refractivity contribution is 5.91. The maximum absolute atomic E-state index is 11.1. The molecule has 0 saturated carbocycles. The van der Waals surface area contributed by atoms with Crippen LogP contribution in [0.25, 0.3) is 0 Å². The predicted molar refractivity (Wildman–Crippen MR) is 73.0 cm³/mol. The van der Waals surface area contributed by atoms with Gasteiger partial charge >= 0.3 is 5.97 Å². The Bertz CT molecular complexity index is 486. The topological polar surface area (TPSA) is 98.8 Å². The largest absolute Gasteiger partial charge is 0.493 e. The minimum absolute atomic E-state index is 0.0190. The molecule has 0 fully saturated rings. The number of primary amides is 1. The van der Waals surface area contributed by atoms with Crippen LogP contribution in [0.15, 0.2) is 18.2 Å². The van der Waals surface area contributed by atoms with Gasteiger partial charge in [-0.15, -0.1) is 0 Å². The third kappa shape index (κ3) is 4.46. The Morgan fingerprint density at radius 3 is 2.60 bits per heavy atom. The molecule has 110 valence electrons. The molecule has 1 atom stereocenters. The molecule has 20 heavy (non-hydrogen) atoms. The highest BCUT2D eigenvalue weighted by atomic mass is 16.5. The van der Waals surface area contributed by atoms with E-state index in [9.17, 15) is 9.59 Å². The lowest BCUT2D eigenvalue weighted by Crippen LogP contribution is -2.26. The number of amides is 1. The number of hydrogen-bond acceptors (Lipinski definition) is 4. The highest BCUT2D eigenvalue weighted by Crippen LogP contribution is 2.25. The van der Waals surface area contributed by atoms with Crippen LogP contribution in [0.3, 0.4) is 0 Å². The Balaban J connectivity index is 2.88. The van der Waals surface area contributed by atoms with Crippen molar-refractivity contribution in [3.63, 3.8) is 0 Å². The molecule has 1 rings (SSSR count). The first-order valence-electron chi connectivity index (χ1n) is 6.38. The summed E-state index contributed by atoms with van der Waals surface area (Å²) in [4.78, 5) is 22.1. The average Bonchev–Trinajstić information content (AvgIpc) is 2.42.